The molecule has 0 saturated heterocycles. The molecule has 176 valence electrons. The normalized spacial score (nSPS) is 10.5. The second kappa shape index (κ2) is 10.5. The third-order valence-electron chi connectivity index (χ3n) is 5.42. The van der Waals surface area contributed by atoms with Gasteiger partial charge in [0.15, 0.2) is 0 Å². The third-order valence-corrected chi connectivity index (χ3v) is 5.42. The number of hydrogen-bond donors (Lipinski definition) is 2. The van der Waals surface area contributed by atoms with Crippen molar-refractivity contribution in [1.29, 1.82) is 5.26 Å². The monoisotopic (exact) mass is 460 g/mol. The Labute approximate surface area is 197 Å². The molecule has 0 atom stereocenters. The van der Waals surface area contributed by atoms with Gasteiger partial charge in [0, 0.05) is 19.3 Å². The van der Waals surface area contributed by atoms with E-state index in [2.05, 4.69) is 11.1 Å². The van der Waals surface area contributed by atoms with Gasteiger partial charge in [0.1, 0.15) is 11.5 Å². The van der Waals surface area contributed by atoms with Crippen molar-refractivity contribution in [1.82, 2.24) is 9.55 Å². The number of amides is 1. The van der Waals surface area contributed by atoms with Gasteiger partial charge in [-0.05, 0) is 42.7 Å². The topological polar surface area (TPSA) is 128 Å². The number of likely N-dealkylation sites (N-methyl/N-ethyl adjacent to an activating group) is 1. The fourth-order valence-corrected chi connectivity index (χ4v) is 3.90. The first kappa shape index (κ1) is 24.3. The Balaban J connectivity index is 1.92. The summed E-state index contributed by atoms with van der Waals surface area (Å²) in [4.78, 5) is 43.6. The number of aromatic nitrogens is 2. The van der Waals surface area contributed by atoms with E-state index in [1.165, 1.54) is 14.4 Å². The molecule has 0 radical (unpaired) electrons. The number of nitriles is 1. The first-order chi connectivity index (χ1) is 16.2. The zero-order chi connectivity index (χ0) is 24.8. The smallest absolute Gasteiger partial charge is 0.330 e. The lowest BCUT2D eigenvalue weighted by molar-refractivity contribution is -0.117. The lowest BCUT2D eigenvalue weighted by atomic mass is 10.1. The number of aromatic amines is 1. The Morgan fingerprint density at radius 2 is 1.76 bits per heavy atom. The quantitative estimate of drug-likeness (QED) is 0.530. The fourth-order valence-electron chi connectivity index (χ4n) is 3.90. The number of hydrogen-bond acceptors (Lipinski definition) is 6. The van der Waals surface area contributed by atoms with E-state index in [0.29, 0.717) is 5.69 Å². The highest BCUT2D eigenvalue weighted by Gasteiger charge is 2.22. The standard InChI is InChI=1S/C25H28N6O3/c1-17-12-18(2)14-20(13-17)30(11-7-10-26)21(32)16-29(3)22-23(27)31(25(34)28-24(22)33)15-19-8-5-4-6-9-19/h4-6,8-9,12-14H,7,11,15-16,27H2,1-3H3,(H,28,33,34). The second-order valence-corrected chi connectivity index (χ2v) is 8.22. The Morgan fingerprint density at radius 1 is 1.12 bits per heavy atom. The predicted molar refractivity (Wildman–Crippen MR) is 133 cm³/mol. The number of anilines is 3. The Bertz CT molecular complexity index is 1320. The highest BCUT2D eigenvalue weighted by Crippen LogP contribution is 2.21. The van der Waals surface area contributed by atoms with Crippen LogP contribution in [0, 0.1) is 25.2 Å². The molecule has 1 heterocycles. The van der Waals surface area contributed by atoms with E-state index in [1.807, 2.05) is 62.4 Å². The molecule has 0 aliphatic carbocycles. The van der Waals surface area contributed by atoms with E-state index in [0.717, 1.165) is 16.7 Å². The van der Waals surface area contributed by atoms with Crippen LogP contribution in [0.15, 0.2) is 58.1 Å². The van der Waals surface area contributed by atoms with E-state index in [1.54, 1.807) is 7.05 Å². The minimum absolute atomic E-state index is 0.0251. The van der Waals surface area contributed by atoms with Crippen LogP contribution in [0.5, 0.6) is 0 Å². The number of carbonyl (C=O) groups is 1. The first-order valence-electron chi connectivity index (χ1n) is 10.8. The minimum atomic E-state index is -0.669. The van der Waals surface area contributed by atoms with Crippen LogP contribution in [-0.4, -0.2) is 35.6 Å². The van der Waals surface area contributed by atoms with Gasteiger partial charge in [-0.15, -0.1) is 0 Å². The molecular formula is C25H28N6O3. The summed E-state index contributed by atoms with van der Waals surface area (Å²) in [6.07, 6.45) is 0.160. The Hall–Kier alpha value is -4.32. The minimum Gasteiger partial charge on any atom is -0.383 e. The van der Waals surface area contributed by atoms with Gasteiger partial charge in [-0.25, -0.2) is 4.79 Å². The molecule has 3 aromatic rings. The van der Waals surface area contributed by atoms with Crippen LogP contribution in [0.4, 0.5) is 17.2 Å². The Morgan fingerprint density at radius 3 is 2.38 bits per heavy atom. The van der Waals surface area contributed by atoms with Crippen molar-refractivity contribution in [3.8, 4) is 6.07 Å². The van der Waals surface area contributed by atoms with Gasteiger partial charge in [0.05, 0.1) is 25.6 Å². The van der Waals surface area contributed by atoms with Gasteiger partial charge in [0.2, 0.25) is 5.91 Å². The molecule has 0 fully saturated rings. The molecule has 34 heavy (non-hydrogen) atoms. The molecule has 0 spiro atoms. The zero-order valence-corrected chi connectivity index (χ0v) is 19.5. The average Bonchev–Trinajstić information content (AvgIpc) is 2.77. The maximum atomic E-state index is 13.3. The number of rotatable bonds is 8. The van der Waals surface area contributed by atoms with Gasteiger partial charge in [-0.3, -0.25) is 19.1 Å². The molecule has 1 amide bonds. The average molecular weight is 461 g/mol. The van der Waals surface area contributed by atoms with Crippen molar-refractivity contribution in [2.24, 2.45) is 0 Å². The molecule has 0 bridgehead atoms. The van der Waals surface area contributed by atoms with Gasteiger partial charge in [-0.1, -0.05) is 36.4 Å². The molecule has 3 N–H and O–H groups in total. The summed E-state index contributed by atoms with van der Waals surface area (Å²) in [6.45, 7) is 4.09. The Kier molecular flexibility index (Phi) is 7.53. The predicted octanol–water partition coefficient (Wildman–Crippen LogP) is 2.17. The SMILES string of the molecule is Cc1cc(C)cc(N(CCC#N)C(=O)CN(C)c2c(N)n(Cc3ccccc3)c(=O)[nH]c2=O)c1. The number of nitrogens with two attached hydrogens (primary N) is 1. The number of H-pyrrole nitrogens is 1. The number of nitrogens with zero attached hydrogens (tertiary/aromatic N) is 4. The summed E-state index contributed by atoms with van der Waals surface area (Å²) in [5.74, 6) is -0.328. The molecule has 0 saturated carbocycles. The van der Waals surface area contributed by atoms with Gasteiger partial charge in [-0.2, -0.15) is 5.26 Å². The summed E-state index contributed by atoms with van der Waals surface area (Å²) in [5, 5.41) is 9.07. The molecule has 1 aromatic heterocycles. The van der Waals surface area contributed by atoms with Crippen LogP contribution >= 0.6 is 0 Å². The molecule has 9 nitrogen and oxygen atoms in total. The number of nitrogen functional groups attached to an aromatic ring is 1. The van der Waals surface area contributed by atoms with Crippen LogP contribution in [0.3, 0.4) is 0 Å². The maximum absolute atomic E-state index is 13.3. The number of benzene rings is 2. The van der Waals surface area contributed by atoms with Crippen molar-refractivity contribution in [2.75, 3.05) is 35.7 Å². The van der Waals surface area contributed by atoms with Crippen molar-refractivity contribution in [3.63, 3.8) is 0 Å². The van der Waals surface area contributed by atoms with Crippen molar-refractivity contribution in [2.45, 2.75) is 26.8 Å². The maximum Gasteiger partial charge on any atom is 0.330 e. The molecular weight excluding hydrogens is 432 g/mol. The van der Waals surface area contributed by atoms with Crippen LogP contribution in [0.25, 0.3) is 0 Å². The van der Waals surface area contributed by atoms with E-state index < -0.39 is 11.2 Å². The highest BCUT2D eigenvalue weighted by molar-refractivity contribution is 5.97. The van der Waals surface area contributed by atoms with Crippen LogP contribution in [-0.2, 0) is 11.3 Å². The van der Waals surface area contributed by atoms with E-state index in [4.69, 9.17) is 11.0 Å². The second-order valence-electron chi connectivity index (χ2n) is 8.22. The van der Waals surface area contributed by atoms with Crippen molar-refractivity contribution in [3.05, 3.63) is 86.1 Å². The van der Waals surface area contributed by atoms with Crippen LogP contribution in [0.1, 0.15) is 23.1 Å². The molecule has 2 aromatic carbocycles. The summed E-state index contributed by atoms with van der Waals surface area (Å²) < 4.78 is 1.27. The fraction of sp³-hybridized carbons (Fsp3) is 0.280. The largest absolute Gasteiger partial charge is 0.383 e. The number of nitrogens with one attached hydrogen (secondary N) is 1. The number of carbonyl (C=O) groups excluding carboxylic acids is 1. The lowest BCUT2D eigenvalue weighted by Crippen LogP contribution is -2.43. The van der Waals surface area contributed by atoms with E-state index >= 15 is 0 Å². The molecule has 0 unspecified atom stereocenters. The van der Waals surface area contributed by atoms with Gasteiger partial charge >= 0.3 is 5.69 Å². The van der Waals surface area contributed by atoms with Crippen molar-refractivity contribution < 1.29 is 4.79 Å². The summed E-state index contributed by atoms with van der Waals surface area (Å²) in [6, 6.07) is 17.1. The summed E-state index contributed by atoms with van der Waals surface area (Å²) in [5.41, 5.74) is 8.49. The highest BCUT2D eigenvalue weighted by atomic mass is 16.2. The summed E-state index contributed by atoms with van der Waals surface area (Å²) >= 11 is 0. The number of aryl methyl sites for hydroxylation is 2. The van der Waals surface area contributed by atoms with Gasteiger partial charge < -0.3 is 15.5 Å². The molecule has 0 aliphatic heterocycles. The summed E-state index contributed by atoms with van der Waals surface area (Å²) in [7, 11) is 1.57. The van der Waals surface area contributed by atoms with Gasteiger partial charge in [0.25, 0.3) is 5.56 Å². The third kappa shape index (κ3) is 5.53. The van der Waals surface area contributed by atoms with Crippen LogP contribution in [0.2, 0.25) is 0 Å². The first-order valence-corrected chi connectivity index (χ1v) is 10.8. The van der Waals surface area contributed by atoms with E-state index in [9.17, 15) is 14.4 Å². The molecule has 0 aliphatic rings. The zero-order valence-electron chi connectivity index (χ0n) is 19.5. The molecule has 3 rings (SSSR count). The lowest BCUT2D eigenvalue weighted by Gasteiger charge is -2.27. The van der Waals surface area contributed by atoms with E-state index in [-0.39, 0.29) is 43.5 Å². The molecule has 9 heteroatoms. The van der Waals surface area contributed by atoms with Crippen LogP contribution < -0.4 is 26.8 Å². The van der Waals surface area contributed by atoms with Crippen molar-refractivity contribution >= 4 is 23.1 Å².